The lowest BCUT2D eigenvalue weighted by Gasteiger charge is -2.19. The molecule has 2 aliphatic heterocycles. The molecular weight excluding hydrogens is 184 g/mol. The van der Waals surface area contributed by atoms with Gasteiger partial charge in [-0.15, -0.1) is 0 Å². The lowest BCUT2D eigenvalue weighted by atomic mass is 10.2. The second-order valence-corrected chi connectivity index (χ2v) is 5.74. The van der Waals surface area contributed by atoms with Crippen molar-refractivity contribution in [1.82, 2.24) is 9.80 Å². The van der Waals surface area contributed by atoms with Crippen LogP contribution in [0.5, 0.6) is 0 Å². The first-order chi connectivity index (χ1) is 7.24. The molecule has 0 aromatic rings. The molecule has 0 aliphatic carbocycles. The van der Waals surface area contributed by atoms with Crippen LogP contribution in [-0.4, -0.2) is 49.1 Å². The number of hydrogen-bond acceptors (Lipinski definition) is 2. The number of rotatable bonds is 4. The second-order valence-electron chi connectivity index (χ2n) is 5.74. The van der Waals surface area contributed by atoms with Crippen LogP contribution in [0.25, 0.3) is 0 Å². The zero-order valence-electron chi connectivity index (χ0n) is 10.4. The summed E-state index contributed by atoms with van der Waals surface area (Å²) in [5, 5.41) is 0. The SMILES string of the molecule is CC1CCN(CCCN2CCC(C)C2)C1. The summed E-state index contributed by atoms with van der Waals surface area (Å²) in [5.74, 6) is 1.88. The predicted molar refractivity (Wildman–Crippen MR) is 65.1 cm³/mol. The summed E-state index contributed by atoms with van der Waals surface area (Å²) < 4.78 is 0. The van der Waals surface area contributed by atoms with E-state index in [1.54, 1.807) is 0 Å². The summed E-state index contributed by atoms with van der Waals surface area (Å²) >= 11 is 0. The van der Waals surface area contributed by atoms with Gasteiger partial charge >= 0.3 is 0 Å². The first-order valence-corrected chi connectivity index (χ1v) is 6.69. The summed E-state index contributed by atoms with van der Waals surface area (Å²) in [5.41, 5.74) is 0. The van der Waals surface area contributed by atoms with Gasteiger partial charge in [0.15, 0.2) is 0 Å². The molecule has 2 fully saturated rings. The fourth-order valence-corrected chi connectivity index (χ4v) is 2.98. The van der Waals surface area contributed by atoms with Gasteiger partial charge in [-0.3, -0.25) is 0 Å². The topological polar surface area (TPSA) is 6.48 Å². The van der Waals surface area contributed by atoms with Crippen LogP contribution in [-0.2, 0) is 0 Å². The molecule has 2 unspecified atom stereocenters. The van der Waals surface area contributed by atoms with Gasteiger partial charge < -0.3 is 9.80 Å². The van der Waals surface area contributed by atoms with Crippen molar-refractivity contribution < 1.29 is 0 Å². The van der Waals surface area contributed by atoms with Crippen LogP contribution < -0.4 is 0 Å². The van der Waals surface area contributed by atoms with Gasteiger partial charge in [0.2, 0.25) is 0 Å². The van der Waals surface area contributed by atoms with Gasteiger partial charge in [-0.25, -0.2) is 0 Å². The van der Waals surface area contributed by atoms with Crippen LogP contribution in [0.1, 0.15) is 33.1 Å². The van der Waals surface area contributed by atoms with Crippen LogP contribution in [0, 0.1) is 11.8 Å². The highest BCUT2D eigenvalue weighted by Crippen LogP contribution is 2.17. The van der Waals surface area contributed by atoms with Crippen LogP contribution >= 0.6 is 0 Å². The zero-order valence-corrected chi connectivity index (χ0v) is 10.4. The van der Waals surface area contributed by atoms with E-state index < -0.39 is 0 Å². The van der Waals surface area contributed by atoms with E-state index in [-0.39, 0.29) is 0 Å². The highest BCUT2D eigenvalue weighted by molar-refractivity contribution is 4.75. The molecule has 2 rings (SSSR count). The average Bonchev–Trinajstić information content (AvgIpc) is 2.76. The van der Waals surface area contributed by atoms with Gasteiger partial charge in [-0.2, -0.15) is 0 Å². The van der Waals surface area contributed by atoms with Crippen molar-refractivity contribution in [3.63, 3.8) is 0 Å². The summed E-state index contributed by atoms with van der Waals surface area (Å²) in [7, 11) is 0. The minimum atomic E-state index is 0.941. The third-order valence-electron chi connectivity index (χ3n) is 3.96. The van der Waals surface area contributed by atoms with Crippen LogP contribution in [0.4, 0.5) is 0 Å². The van der Waals surface area contributed by atoms with Crippen molar-refractivity contribution in [2.75, 3.05) is 39.3 Å². The molecule has 0 N–H and O–H groups in total. The van der Waals surface area contributed by atoms with Crippen molar-refractivity contribution in [2.45, 2.75) is 33.1 Å². The molecule has 0 saturated carbocycles. The normalized spacial score (nSPS) is 34.0. The number of likely N-dealkylation sites (tertiary alicyclic amines) is 2. The summed E-state index contributed by atoms with van der Waals surface area (Å²) in [4.78, 5) is 5.29. The second kappa shape index (κ2) is 5.31. The molecule has 2 heteroatoms. The Morgan fingerprint density at radius 1 is 0.867 bits per heavy atom. The monoisotopic (exact) mass is 210 g/mol. The van der Waals surface area contributed by atoms with Crippen LogP contribution in [0.3, 0.4) is 0 Å². The third kappa shape index (κ3) is 3.46. The standard InChI is InChI=1S/C13H26N2/c1-12-4-8-14(10-12)6-3-7-15-9-5-13(2)11-15/h12-13H,3-11H2,1-2H3. The van der Waals surface area contributed by atoms with E-state index in [0.29, 0.717) is 0 Å². The van der Waals surface area contributed by atoms with Crippen molar-refractivity contribution in [2.24, 2.45) is 11.8 Å². The molecule has 0 aromatic carbocycles. The quantitative estimate of drug-likeness (QED) is 0.701. The largest absolute Gasteiger partial charge is 0.303 e. The molecule has 0 spiro atoms. The van der Waals surface area contributed by atoms with Crippen molar-refractivity contribution >= 4 is 0 Å². The molecule has 2 aliphatic rings. The Morgan fingerprint density at radius 2 is 1.33 bits per heavy atom. The Labute approximate surface area is 94.6 Å². The number of nitrogens with zero attached hydrogens (tertiary/aromatic N) is 2. The molecule has 0 aromatic heterocycles. The maximum atomic E-state index is 2.64. The maximum absolute atomic E-state index is 2.64. The highest BCUT2D eigenvalue weighted by atomic mass is 15.2. The molecule has 88 valence electrons. The Morgan fingerprint density at radius 3 is 1.67 bits per heavy atom. The molecule has 2 saturated heterocycles. The molecule has 2 heterocycles. The van der Waals surface area contributed by atoms with E-state index in [9.17, 15) is 0 Å². The van der Waals surface area contributed by atoms with Crippen LogP contribution in [0.2, 0.25) is 0 Å². The summed E-state index contributed by atoms with van der Waals surface area (Å²) in [6.07, 6.45) is 4.21. The lowest BCUT2D eigenvalue weighted by molar-refractivity contribution is 0.272. The molecule has 0 radical (unpaired) electrons. The van der Waals surface area contributed by atoms with E-state index >= 15 is 0 Å². The molecule has 0 amide bonds. The van der Waals surface area contributed by atoms with Gasteiger partial charge in [0.05, 0.1) is 0 Å². The fourth-order valence-electron chi connectivity index (χ4n) is 2.98. The van der Waals surface area contributed by atoms with Crippen molar-refractivity contribution in [3.8, 4) is 0 Å². The third-order valence-corrected chi connectivity index (χ3v) is 3.96. The first kappa shape index (κ1) is 11.4. The molecule has 0 bridgehead atoms. The molecule has 2 atom stereocenters. The Balaban J connectivity index is 1.55. The van der Waals surface area contributed by atoms with E-state index in [1.807, 2.05) is 0 Å². The maximum Gasteiger partial charge on any atom is 0.000750 e. The van der Waals surface area contributed by atoms with E-state index in [1.165, 1.54) is 58.5 Å². The fraction of sp³-hybridized carbons (Fsp3) is 1.00. The van der Waals surface area contributed by atoms with E-state index in [0.717, 1.165) is 11.8 Å². The first-order valence-electron chi connectivity index (χ1n) is 6.69. The Kier molecular flexibility index (Phi) is 4.04. The Bertz CT molecular complexity index is 173. The van der Waals surface area contributed by atoms with Gasteiger partial charge in [-0.1, -0.05) is 13.8 Å². The van der Waals surface area contributed by atoms with Gasteiger partial charge in [0, 0.05) is 13.1 Å². The van der Waals surface area contributed by atoms with E-state index in [2.05, 4.69) is 23.6 Å². The smallest absolute Gasteiger partial charge is 0.000750 e. The highest BCUT2D eigenvalue weighted by Gasteiger charge is 2.20. The van der Waals surface area contributed by atoms with Crippen molar-refractivity contribution in [3.05, 3.63) is 0 Å². The van der Waals surface area contributed by atoms with E-state index in [4.69, 9.17) is 0 Å². The molecular formula is C13H26N2. The summed E-state index contributed by atoms with van der Waals surface area (Å²) in [6, 6.07) is 0. The predicted octanol–water partition coefficient (Wildman–Crippen LogP) is 2.06. The summed E-state index contributed by atoms with van der Waals surface area (Å²) in [6.45, 7) is 12.8. The zero-order chi connectivity index (χ0) is 10.7. The van der Waals surface area contributed by atoms with Gasteiger partial charge in [-0.05, 0) is 57.3 Å². The minimum absolute atomic E-state index is 0.941. The molecule has 2 nitrogen and oxygen atoms in total. The van der Waals surface area contributed by atoms with Crippen molar-refractivity contribution in [1.29, 1.82) is 0 Å². The number of hydrogen-bond donors (Lipinski definition) is 0. The van der Waals surface area contributed by atoms with Gasteiger partial charge in [0.1, 0.15) is 0 Å². The lowest BCUT2D eigenvalue weighted by Crippen LogP contribution is -2.27. The van der Waals surface area contributed by atoms with Crippen LogP contribution in [0.15, 0.2) is 0 Å². The Hall–Kier alpha value is -0.0800. The average molecular weight is 210 g/mol. The minimum Gasteiger partial charge on any atom is -0.303 e. The molecule has 15 heavy (non-hydrogen) atoms. The van der Waals surface area contributed by atoms with Gasteiger partial charge in [0.25, 0.3) is 0 Å².